The van der Waals surface area contributed by atoms with Gasteiger partial charge in [0, 0.05) is 38.5 Å². The first kappa shape index (κ1) is 15.0. The molecule has 1 aliphatic rings. The van der Waals surface area contributed by atoms with Crippen molar-refractivity contribution >= 4 is 17.6 Å². The van der Waals surface area contributed by atoms with Crippen LogP contribution in [0.15, 0.2) is 30.7 Å². The van der Waals surface area contributed by atoms with Gasteiger partial charge >= 0.3 is 0 Å². The molecule has 0 saturated carbocycles. The van der Waals surface area contributed by atoms with Gasteiger partial charge in [-0.2, -0.15) is 5.10 Å². The van der Waals surface area contributed by atoms with Crippen LogP contribution in [0.3, 0.4) is 0 Å². The second kappa shape index (κ2) is 6.07. The highest BCUT2D eigenvalue weighted by Crippen LogP contribution is 2.24. The molecule has 23 heavy (non-hydrogen) atoms. The number of amides is 2. The van der Waals surface area contributed by atoms with Crippen molar-refractivity contribution < 1.29 is 14.7 Å². The van der Waals surface area contributed by atoms with Crippen molar-refractivity contribution in [1.82, 2.24) is 19.7 Å². The number of rotatable bonds is 3. The molecule has 1 saturated heterocycles. The molecular formula is C15H17N5O3. The van der Waals surface area contributed by atoms with Crippen LogP contribution in [-0.2, 0) is 4.79 Å². The van der Waals surface area contributed by atoms with E-state index in [1.807, 2.05) is 0 Å². The highest BCUT2D eigenvalue weighted by atomic mass is 16.3. The number of hydrogen-bond donors (Lipinski definition) is 2. The first-order chi connectivity index (χ1) is 11.0. The maximum atomic E-state index is 12.4. The molecule has 3 heterocycles. The summed E-state index contributed by atoms with van der Waals surface area (Å²) in [5, 5.41) is 16.4. The fourth-order valence-corrected chi connectivity index (χ4v) is 2.66. The van der Waals surface area contributed by atoms with Crippen molar-refractivity contribution in [1.29, 1.82) is 0 Å². The lowest BCUT2D eigenvalue weighted by molar-refractivity contribution is -0.114. The summed E-state index contributed by atoms with van der Waals surface area (Å²) in [6, 6.07) is 3.20. The average Bonchev–Trinajstić information content (AvgIpc) is 3.14. The van der Waals surface area contributed by atoms with Gasteiger partial charge in [-0.3, -0.25) is 19.3 Å². The van der Waals surface area contributed by atoms with Crippen LogP contribution in [0.2, 0.25) is 0 Å². The fourth-order valence-electron chi connectivity index (χ4n) is 2.66. The summed E-state index contributed by atoms with van der Waals surface area (Å²) in [5.74, 6) is 0.137. The fraction of sp³-hybridized carbons (Fsp3) is 0.333. The van der Waals surface area contributed by atoms with Gasteiger partial charge in [0.15, 0.2) is 5.82 Å². The van der Waals surface area contributed by atoms with Gasteiger partial charge in [0.25, 0.3) is 5.91 Å². The quantitative estimate of drug-likeness (QED) is 0.881. The Balaban J connectivity index is 1.67. The minimum Gasteiger partial charge on any atom is -0.506 e. The van der Waals surface area contributed by atoms with E-state index < -0.39 is 0 Å². The van der Waals surface area contributed by atoms with E-state index in [4.69, 9.17) is 0 Å². The zero-order valence-corrected chi connectivity index (χ0v) is 12.6. The molecule has 1 aliphatic heterocycles. The molecule has 2 aromatic rings. The van der Waals surface area contributed by atoms with Crippen molar-refractivity contribution in [2.45, 2.75) is 19.4 Å². The van der Waals surface area contributed by atoms with Gasteiger partial charge in [0.1, 0.15) is 5.75 Å². The number of carbonyl (C=O) groups excluding carboxylic acids is 2. The zero-order chi connectivity index (χ0) is 16.4. The third-order valence-electron chi connectivity index (χ3n) is 3.71. The monoisotopic (exact) mass is 315 g/mol. The number of carbonyl (C=O) groups is 2. The van der Waals surface area contributed by atoms with Crippen molar-refractivity contribution in [3.8, 4) is 5.75 Å². The van der Waals surface area contributed by atoms with E-state index in [0.717, 1.165) is 6.42 Å². The van der Waals surface area contributed by atoms with E-state index in [-0.39, 0.29) is 23.6 Å². The predicted molar refractivity (Wildman–Crippen MR) is 82.0 cm³/mol. The summed E-state index contributed by atoms with van der Waals surface area (Å²) in [6.07, 6.45) is 5.30. The van der Waals surface area contributed by atoms with E-state index in [2.05, 4.69) is 15.4 Å². The van der Waals surface area contributed by atoms with Gasteiger partial charge < -0.3 is 15.3 Å². The molecule has 0 spiro atoms. The number of likely N-dealkylation sites (tertiary alicyclic amines) is 1. The van der Waals surface area contributed by atoms with E-state index in [1.54, 1.807) is 21.8 Å². The molecule has 0 unspecified atom stereocenters. The molecule has 3 rings (SSSR count). The van der Waals surface area contributed by atoms with E-state index in [0.29, 0.717) is 24.5 Å². The van der Waals surface area contributed by atoms with Crippen LogP contribution in [0.4, 0.5) is 5.82 Å². The Labute approximate surface area is 132 Å². The summed E-state index contributed by atoms with van der Waals surface area (Å²) >= 11 is 0. The molecule has 8 nitrogen and oxygen atoms in total. The maximum absolute atomic E-state index is 12.4. The average molecular weight is 315 g/mol. The Morgan fingerprint density at radius 1 is 1.39 bits per heavy atom. The van der Waals surface area contributed by atoms with Gasteiger partial charge in [-0.05, 0) is 12.5 Å². The number of aromatic nitrogens is 3. The molecule has 8 heteroatoms. The summed E-state index contributed by atoms with van der Waals surface area (Å²) in [6.45, 7) is 2.56. The van der Waals surface area contributed by atoms with Crippen LogP contribution in [0, 0.1) is 0 Å². The maximum Gasteiger partial charge on any atom is 0.255 e. The van der Waals surface area contributed by atoms with Crippen molar-refractivity contribution in [2.24, 2.45) is 0 Å². The number of nitrogens with one attached hydrogen (secondary N) is 1. The SMILES string of the molecule is CC(=O)Nc1ccn([C@@H]2CCN(C(=O)c3cncc(O)c3)C2)n1. The van der Waals surface area contributed by atoms with Gasteiger partial charge in [-0.1, -0.05) is 0 Å². The highest BCUT2D eigenvalue weighted by molar-refractivity contribution is 5.94. The lowest BCUT2D eigenvalue weighted by Gasteiger charge is -2.16. The van der Waals surface area contributed by atoms with E-state index in [1.165, 1.54) is 25.4 Å². The summed E-state index contributed by atoms with van der Waals surface area (Å²) in [5.41, 5.74) is 0.366. The summed E-state index contributed by atoms with van der Waals surface area (Å²) in [7, 11) is 0. The molecule has 1 fully saturated rings. The van der Waals surface area contributed by atoms with Gasteiger partial charge in [-0.25, -0.2) is 0 Å². The van der Waals surface area contributed by atoms with Gasteiger partial charge in [-0.15, -0.1) is 0 Å². The third kappa shape index (κ3) is 3.31. The van der Waals surface area contributed by atoms with E-state index >= 15 is 0 Å². The van der Waals surface area contributed by atoms with Gasteiger partial charge in [0.05, 0.1) is 17.8 Å². The summed E-state index contributed by atoms with van der Waals surface area (Å²) < 4.78 is 1.76. The Kier molecular flexibility index (Phi) is 3.96. The molecule has 0 radical (unpaired) electrons. The Hall–Kier alpha value is -2.90. The second-order valence-corrected chi connectivity index (χ2v) is 5.49. The second-order valence-electron chi connectivity index (χ2n) is 5.49. The zero-order valence-electron chi connectivity index (χ0n) is 12.6. The molecule has 2 amide bonds. The molecule has 0 aliphatic carbocycles. The number of anilines is 1. The minimum atomic E-state index is -0.171. The van der Waals surface area contributed by atoms with Crippen molar-refractivity contribution in [3.63, 3.8) is 0 Å². The molecule has 120 valence electrons. The topological polar surface area (TPSA) is 100 Å². The molecule has 0 bridgehead atoms. The predicted octanol–water partition coefficient (Wildman–Crippen LogP) is 1.03. The largest absolute Gasteiger partial charge is 0.506 e. The van der Waals surface area contributed by atoms with Gasteiger partial charge in [0.2, 0.25) is 5.91 Å². The van der Waals surface area contributed by atoms with Crippen molar-refractivity contribution in [2.75, 3.05) is 18.4 Å². The third-order valence-corrected chi connectivity index (χ3v) is 3.71. The van der Waals surface area contributed by atoms with Crippen molar-refractivity contribution in [3.05, 3.63) is 36.3 Å². The van der Waals surface area contributed by atoms with E-state index in [9.17, 15) is 14.7 Å². The normalized spacial score (nSPS) is 17.3. The molecule has 2 N–H and O–H groups in total. The molecule has 1 atom stereocenters. The molecule has 0 aromatic carbocycles. The van der Waals surface area contributed by atoms with Crippen LogP contribution in [0.25, 0.3) is 0 Å². The van der Waals surface area contributed by atoms with Crippen LogP contribution in [0.1, 0.15) is 29.7 Å². The Bertz CT molecular complexity index is 742. The highest BCUT2D eigenvalue weighted by Gasteiger charge is 2.28. The van der Waals surface area contributed by atoms with Crippen LogP contribution < -0.4 is 5.32 Å². The number of hydrogen-bond acceptors (Lipinski definition) is 5. The standard InChI is InChI=1S/C15H17N5O3/c1-10(21)17-14-3-5-20(18-14)12-2-4-19(9-12)15(23)11-6-13(22)8-16-7-11/h3,5-8,12,22H,2,4,9H2,1H3,(H,17,18,21)/t12-/m1/s1. The molecule has 2 aromatic heterocycles. The van der Waals surface area contributed by atoms with Crippen LogP contribution >= 0.6 is 0 Å². The number of nitrogens with zero attached hydrogens (tertiary/aromatic N) is 4. The first-order valence-electron chi connectivity index (χ1n) is 7.29. The lowest BCUT2D eigenvalue weighted by Crippen LogP contribution is -2.29. The molecular weight excluding hydrogens is 298 g/mol. The number of pyridine rings is 1. The lowest BCUT2D eigenvalue weighted by atomic mass is 10.2. The van der Waals surface area contributed by atoms with Crippen LogP contribution in [0.5, 0.6) is 5.75 Å². The smallest absolute Gasteiger partial charge is 0.255 e. The number of aromatic hydroxyl groups is 1. The summed E-state index contributed by atoms with van der Waals surface area (Å²) in [4.78, 5) is 29.0. The first-order valence-corrected chi connectivity index (χ1v) is 7.29. The van der Waals surface area contributed by atoms with Crippen LogP contribution in [-0.4, -0.2) is 49.7 Å². The Morgan fingerprint density at radius 2 is 2.22 bits per heavy atom. The Morgan fingerprint density at radius 3 is 2.96 bits per heavy atom. The minimum absolute atomic E-state index is 0.0291.